The van der Waals surface area contributed by atoms with Crippen LogP contribution >= 0.6 is 0 Å². The van der Waals surface area contributed by atoms with E-state index in [1.54, 1.807) is 4.90 Å². The molecule has 10 heavy (non-hydrogen) atoms. The fourth-order valence-corrected chi connectivity index (χ4v) is 0.594. The van der Waals surface area contributed by atoms with Crippen LogP contribution < -0.4 is 0 Å². The van der Waals surface area contributed by atoms with Gasteiger partial charge in [-0.25, -0.2) is 0 Å². The fraction of sp³-hybridized carbons (Fsp3) is 0.714. The van der Waals surface area contributed by atoms with Crippen molar-refractivity contribution < 1.29 is 0 Å². The van der Waals surface area contributed by atoms with E-state index < -0.39 is 0 Å². The maximum atomic E-state index is 8.49. The quantitative estimate of drug-likeness (QED) is 0.432. The van der Waals surface area contributed by atoms with Crippen LogP contribution in [0.2, 0.25) is 0 Å². The van der Waals surface area contributed by atoms with E-state index in [9.17, 15) is 0 Å². The fourth-order valence-electron chi connectivity index (χ4n) is 0.594. The van der Waals surface area contributed by atoms with Crippen LogP contribution in [0.15, 0.2) is 0 Å². The molecule has 0 bridgehead atoms. The van der Waals surface area contributed by atoms with Gasteiger partial charge in [0.1, 0.15) is 0 Å². The summed E-state index contributed by atoms with van der Waals surface area (Å²) < 4.78 is 0. The second-order valence-corrected chi connectivity index (χ2v) is 2.30. The predicted molar refractivity (Wildman–Crippen MR) is 37.7 cm³/mol. The molecule has 0 spiro atoms. The van der Waals surface area contributed by atoms with E-state index in [1.807, 2.05) is 26.1 Å². The zero-order valence-corrected chi connectivity index (χ0v) is 6.33. The van der Waals surface area contributed by atoms with Gasteiger partial charge in [-0.1, -0.05) is 0 Å². The minimum absolute atomic E-state index is 0.207. The number of nitriles is 2. The first-order chi connectivity index (χ1) is 4.72. The summed E-state index contributed by atoms with van der Waals surface area (Å²) in [5.41, 5.74) is 0. The minimum atomic E-state index is 0.207. The van der Waals surface area contributed by atoms with Gasteiger partial charge in [-0.05, 0) is 13.8 Å². The van der Waals surface area contributed by atoms with E-state index >= 15 is 0 Å². The highest BCUT2D eigenvalue weighted by Gasteiger charge is 2.03. The Bertz CT molecular complexity index is 161. The van der Waals surface area contributed by atoms with E-state index in [0.717, 1.165) is 0 Å². The summed E-state index contributed by atoms with van der Waals surface area (Å²) >= 11 is 0. The van der Waals surface area contributed by atoms with Crippen molar-refractivity contribution >= 4 is 0 Å². The van der Waals surface area contributed by atoms with Gasteiger partial charge >= 0.3 is 0 Å². The molecule has 3 nitrogen and oxygen atoms in total. The summed E-state index contributed by atoms with van der Waals surface area (Å²) in [6.07, 6.45) is 2.44. The number of rotatable bonds is 3. The van der Waals surface area contributed by atoms with E-state index in [-0.39, 0.29) is 6.04 Å². The Labute approximate surface area is 61.5 Å². The summed E-state index contributed by atoms with van der Waals surface area (Å²) in [5, 5.41) is 16.7. The second kappa shape index (κ2) is 4.64. The molecule has 3 heteroatoms. The summed E-state index contributed by atoms with van der Waals surface area (Å²) in [6.45, 7) is 4.41. The summed E-state index contributed by atoms with van der Waals surface area (Å²) in [4.78, 5) is 1.59. The van der Waals surface area contributed by atoms with Gasteiger partial charge in [0.25, 0.3) is 0 Å². The topological polar surface area (TPSA) is 50.8 Å². The van der Waals surface area contributed by atoms with Gasteiger partial charge in [0, 0.05) is 12.6 Å². The molecule has 0 saturated carbocycles. The van der Waals surface area contributed by atoms with Crippen molar-refractivity contribution in [1.82, 2.24) is 4.90 Å². The maximum Gasteiger partial charge on any atom is 0.179 e. The van der Waals surface area contributed by atoms with Crippen molar-refractivity contribution in [3.63, 3.8) is 0 Å². The molecule has 0 rings (SSSR count). The smallest absolute Gasteiger partial charge is 0.179 e. The maximum absolute atomic E-state index is 8.49. The highest BCUT2D eigenvalue weighted by molar-refractivity contribution is 4.81. The van der Waals surface area contributed by atoms with Crippen LogP contribution in [0.4, 0.5) is 0 Å². The zero-order valence-electron chi connectivity index (χ0n) is 6.33. The third-order valence-corrected chi connectivity index (χ3v) is 1.22. The molecule has 0 radical (unpaired) electrons. The van der Waals surface area contributed by atoms with Crippen LogP contribution in [0, 0.1) is 22.8 Å². The van der Waals surface area contributed by atoms with Crippen LogP contribution in [-0.2, 0) is 0 Å². The van der Waals surface area contributed by atoms with Crippen LogP contribution in [-0.4, -0.2) is 17.5 Å². The molecule has 0 aliphatic carbocycles. The van der Waals surface area contributed by atoms with Gasteiger partial charge in [-0.15, -0.1) is 0 Å². The number of hydrogen-bond donors (Lipinski definition) is 0. The first kappa shape index (κ1) is 8.78. The average Bonchev–Trinajstić information content (AvgIpc) is 1.89. The van der Waals surface area contributed by atoms with Crippen molar-refractivity contribution in [2.75, 3.05) is 6.54 Å². The number of nitrogens with zero attached hydrogens (tertiary/aromatic N) is 3. The molecule has 0 aromatic rings. The van der Waals surface area contributed by atoms with Gasteiger partial charge in [0.15, 0.2) is 6.19 Å². The van der Waals surface area contributed by atoms with Crippen molar-refractivity contribution in [2.45, 2.75) is 26.3 Å². The second-order valence-electron chi connectivity index (χ2n) is 2.30. The Morgan fingerprint density at radius 2 is 2.00 bits per heavy atom. The Morgan fingerprint density at radius 1 is 1.40 bits per heavy atom. The van der Waals surface area contributed by atoms with E-state index in [1.165, 1.54) is 0 Å². The molecule has 0 aromatic carbocycles. The van der Waals surface area contributed by atoms with Crippen molar-refractivity contribution in [2.24, 2.45) is 0 Å². The zero-order chi connectivity index (χ0) is 7.98. The van der Waals surface area contributed by atoms with Gasteiger partial charge in [-0.3, -0.25) is 0 Å². The molecule has 0 saturated heterocycles. The standard InChI is InChI=1S/C7H11N3/c1-7(2)10(6-9)5-3-4-8/h7H,3,5H2,1-2H3. The first-order valence-electron chi connectivity index (χ1n) is 3.25. The Hall–Kier alpha value is -1.22. The molecule has 0 aromatic heterocycles. The molecule has 0 aliphatic rings. The molecular formula is C7H11N3. The largest absolute Gasteiger partial charge is 0.307 e. The third-order valence-electron chi connectivity index (χ3n) is 1.22. The molecular weight excluding hydrogens is 126 g/mol. The van der Waals surface area contributed by atoms with Crippen LogP contribution in [0.3, 0.4) is 0 Å². The lowest BCUT2D eigenvalue weighted by Crippen LogP contribution is -2.26. The highest BCUT2D eigenvalue weighted by atomic mass is 15.1. The van der Waals surface area contributed by atoms with Gasteiger partial charge in [0.05, 0.1) is 12.5 Å². The normalized spacial score (nSPS) is 8.50. The van der Waals surface area contributed by atoms with Crippen LogP contribution in [0.5, 0.6) is 0 Å². The summed E-state index contributed by atoms with van der Waals surface area (Å²) in [5.74, 6) is 0. The van der Waals surface area contributed by atoms with Crippen molar-refractivity contribution in [3.05, 3.63) is 0 Å². The molecule has 0 N–H and O–H groups in total. The predicted octanol–water partition coefficient (Wildman–Crippen LogP) is 1.09. The van der Waals surface area contributed by atoms with E-state index in [0.29, 0.717) is 13.0 Å². The summed E-state index contributed by atoms with van der Waals surface area (Å²) in [7, 11) is 0. The number of hydrogen-bond acceptors (Lipinski definition) is 3. The van der Waals surface area contributed by atoms with Gasteiger partial charge in [0.2, 0.25) is 0 Å². The molecule has 0 aliphatic heterocycles. The molecule has 0 amide bonds. The molecule has 54 valence electrons. The lowest BCUT2D eigenvalue weighted by Gasteiger charge is -2.17. The molecule has 0 unspecified atom stereocenters. The third kappa shape index (κ3) is 2.94. The first-order valence-corrected chi connectivity index (χ1v) is 3.25. The highest BCUT2D eigenvalue weighted by Crippen LogP contribution is 1.95. The Morgan fingerprint density at radius 3 is 2.30 bits per heavy atom. The van der Waals surface area contributed by atoms with Crippen LogP contribution in [0.1, 0.15) is 20.3 Å². The van der Waals surface area contributed by atoms with E-state index in [2.05, 4.69) is 0 Å². The Balaban J connectivity index is 3.66. The molecule has 0 fully saturated rings. The SMILES string of the molecule is CC(C)N(C#N)CCC#N. The monoisotopic (exact) mass is 137 g/mol. The summed E-state index contributed by atoms with van der Waals surface area (Å²) in [6, 6.07) is 2.20. The van der Waals surface area contributed by atoms with Crippen molar-refractivity contribution in [3.8, 4) is 12.3 Å². The van der Waals surface area contributed by atoms with E-state index in [4.69, 9.17) is 10.5 Å². The van der Waals surface area contributed by atoms with Gasteiger partial charge in [-0.2, -0.15) is 10.5 Å². The van der Waals surface area contributed by atoms with Crippen LogP contribution in [0.25, 0.3) is 0 Å². The van der Waals surface area contributed by atoms with Gasteiger partial charge < -0.3 is 4.90 Å². The molecule has 0 atom stereocenters. The average molecular weight is 137 g/mol. The lowest BCUT2D eigenvalue weighted by molar-refractivity contribution is 0.332. The molecule has 0 heterocycles. The lowest BCUT2D eigenvalue weighted by atomic mass is 10.3. The minimum Gasteiger partial charge on any atom is -0.307 e. The van der Waals surface area contributed by atoms with Crippen molar-refractivity contribution in [1.29, 1.82) is 10.5 Å². The Kier molecular flexibility index (Phi) is 4.07.